The predicted molar refractivity (Wildman–Crippen MR) is 543 cm³/mol. The number of methoxy groups -OCH3 is 6. The van der Waals surface area contributed by atoms with E-state index in [9.17, 15) is 14.7 Å². The largest absolute Gasteiger partial charge is 0.497 e. The van der Waals surface area contributed by atoms with E-state index in [0.29, 0.717) is 96.0 Å². The molecule has 8 N–H and O–H groups in total. The minimum absolute atomic E-state index is 0.0297. The molecule has 6 aromatic carbocycles. The first-order chi connectivity index (χ1) is 66.0. The van der Waals surface area contributed by atoms with Crippen LogP contribution in [-0.4, -0.2) is 234 Å². The molecule has 752 valence electrons. The van der Waals surface area contributed by atoms with E-state index in [2.05, 4.69) is 77.0 Å². The molecular weight excluding hydrogens is 1740 g/mol. The Balaban J connectivity index is 0.000000201. The van der Waals surface area contributed by atoms with Crippen LogP contribution < -0.4 is 50.5 Å². The quantitative estimate of drug-likeness (QED) is 0.0153. The van der Waals surface area contributed by atoms with Crippen molar-refractivity contribution in [3.63, 3.8) is 0 Å². The predicted octanol–water partition coefficient (Wildman–Crippen LogP) is 18.2. The van der Waals surface area contributed by atoms with Gasteiger partial charge in [-0.3, -0.25) is 14.7 Å². The van der Waals surface area contributed by atoms with E-state index < -0.39 is 23.4 Å². The van der Waals surface area contributed by atoms with Gasteiger partial charge < -0.3 is 103 Å². The molecule has 7 aliphatic carbocycles. The summed E-state index contributed by atoms with van der Waals surface area (Å²) in [7, 11) is 9.98. The van der Waals surface area contributed by atoms with Gasteiger partial charge in [0.2, 0.25) is 0 Å². The van der Waals surface area contributed by atoms with Crippen molar-refractivity contribution < 1.29 is 90.9 Å². The lowest BCUT2D eigenvalue weighted by molar-refractivity contribution is 0.0221. The molecule has 1 heterocycles. The average Bonchev–Trinajstić information content (AvgIpc) is 1.63. The summed E-state index contributed by atoms with van der Waals surface area (Å²) in [5.74, 6) is 5.13. The Morgan fingerprint density at radius 2 is 0.599 bits per heavy atom. The second kappa shape index (κ2) is 60.1. The number of nitrogens with two attached hydrogens (primary N) is 2. The van der Waals surface area contributed by atoms with Crippen molar-refractivity contribution >= 4 is 12.2 Å². The minimum Gasteiger partial charge on any atom is -0.497 e. The van der Waals surface area contributed by atoms with Crippen molar-refractivity contribution in [3.05, 3.63) is 279 Å². The van der Waals surface area contributed by atoms with Crippen molar-refractivity contribution in [3.8, 4) is 34.5 Å². The van der Waals surface area contributed by atoms with Crippen LogP contribution in [0, 0.1) is 0 Å². The van der Waals surface area contributed by atoms with Crippen LogP contribution in [0.4, 0.5) is 9.59 Å². The Hall–Kier alpha value is -9.98. The molecule has 0 aromatic heterocycles. The fraction of sp³-hybridized carbons (Fsp3) is 0.514. The van der Waals surface area contributed by atoms with Crippen LogP contribution in [0.25, 0.3) is 0 Å². The summed E-state index contributed by atoms with van der Waals surface area (Å²) in [4.78, 5) is 31.0. The third-order valence-corrected chi connectivity index (χ3v) is 24.5. The van der Waals surface area contributed by atoms with E-state index in [1.807, 2.05) is 236 Å². The van der Waals surface area contributed by atoms with E-state index in [0.717, 1.165) is 160 Å². The number of alkyl carbamates (subject to hydrolysis) is 2. The van der Waals surface area contributed by atoms with E-state index in [1.165, 1.54) is 11.1 Å². The van der Waals surface area contributed by atoms with E-state index >= 15 is 0 Å². The molecule has 1 saturated heterocycles. The number of fused-ring (bicyclic) bond motifs is 1. The number of aliphatic hydroxyl groups excluding tert-OH is 2. The number of hydrogen-bond acceptors (Lipinski definition) is 24. The number of carbonyl (C=O) groups is 2. The van der Waals surface area contributed by atoms with Gasteiger partial charge in [0.15, 0.2) is 0 Å². The van der Waals surface area contributed by atoms with Gasteiger partial charge in [0.05, 0.1) is 149 Å². The van der Waals surface area contributed by atoms with Gasteiger partial charge >= 0.3 is 12.2 Å². The van der Waals surface area contributed by atoms with Crippen molar-refractivity contribution in [2.75, 3.05) is 81.9 Å². The highest BCUT2D eigenvalue weighted by Crippen LogP contribution is 2.41. The van der Waals surface area contributed by atoms with Gasteiger partial charge in [-0.1, -0.05) is 134 Å². The molecule has 0 bridgehead atoms. The van der Waals surface area contributed by atoms with Gasteiger partial charge in [-0.05, 0) is 218 Å². The maximum Gasteiger partial charge on any atom is 0.407 e. The molecule has 0 radical (unpaired) electrons. The number of epoxide rings is 1. The maximum absolute atomic E-state index is 12.4. The molecule has 26 nitrogen and oxygen atoms in total. The van der Waals surface area contributed by atoms with Gasteiger partial charge in [0.25, 0.3) is 0 Å². The Bertz CT molecular complexity index is 4380. The van der Waals surface area contributed by atoms with Crippen LogP contribution in [0.5, 0.6) is 34.5 Å². The molecule has 5 saturated carbocycles. The molecule has 14 rings (SSSR count). The van der Waals surface area contributed by atoms with Gasteiger partial charge in [-0.25, -0.2) is 9.59 Å². The van der Waals surface area contributed by atoms with E-state index in [1.54, 1.807) is 42.7 Å². The monoisotopic (exact) mass is 1890 g/mol. The summed E-state index contributed by atoms with van der Waals surface area (Å²) in [6.07, 6.45) is 32.8. The minimum atomic E-state index is -0.537. The van der Waals surface area contributed by atoms with Gasteiger partial charge in [-0.15, -0.1) is 39.5 Å². The van der Waals surface area contributed by atoms with Gasteiger partial charge in [0.1, 0.15) is 45.7 Å². The lowest BCUT2D eigenvalue weighted by atomic mass is 10.1. The van der Waals surface area contributed by atoms with Crippen LogP contribution >= 0.6 is 0 Å². The smallest absolute Gasteiger partial charge is 0.407 e. The first kappa shape index (κ1) is 112. The van der Waals surface area contributed by atoms with Crippen LogP contribution in [0.15, 0.2) is 246 Å². The van der Waals surface area contributed by atoms with Crippen LogP contribution in [0.2, 0.25) is 0 Å². The number of carbonyl (C=O) groups excluding carboxylic acids is 2. The standard InChI is InChI=1S/C24H36N2O4.C19H28N2O2.C19H27NO3.C18H28N2O4.C13H16O3.C13H16O2.C5H8O/c1-7-13-26(14-8-2)22-16-20(15-21(22)25-23(27)30-24(3,4)5)29-17-18-9-11-19(28-6)12-10-18;1-4-10-21(11-5-2)19-13-17(12-18(19)20)23-14-15-6-8-16(22-3)9-7-15;1-4-10-20(11-5-2)18-12-17(13-19(18)21)23-14-15-6-8-16(22-3)9-7-15;1-18(2,3)24-17(21)20-16-10-14(9-15(16)19)23-11-12-5-7-13(22-4)8-6-12;1-14-10-4-2-9(3-5-10)8-15-11-6-12-13(7-11)16-12;1-14-12-8-6-11(7-9-12)10-15-13-4-2-3-5-13;6-5-3-1-2-4-5/h7-12,20-22H,1-2,13-17H2,3-6H3,(H,25,27);4-9,17-19H,1-2,10-14,20H2,3H3;4-9,17-19,21H,1-2,10-14H2,3H3;5-8,14-16H,9-11,19H2,1-4H3,(H,20,21);2-5,11-13H,6-8H2,1H3;2-3,6-9,13H,4-5,10H2,1H3;1-2,5-6H,3-4H2. The van der Waals surface area contributed by atoms with Crippen molar-refractivity contribution in [1.82, 2.24) is 25.3 Å². The van der Waals surface area contributed by atoms with Crippen molar-refractivity contribution in [1.29, 1.82) is 0 Å². The summed E-state index contributed by atoms with van der Waals surface area (Å²) in [6, 6.07) is 47.9. The highest BCUT2D eigenvalue weighted by atomic mass is 16.6. The van der Waals surface area contributed by atoms with Gasteiger partial charge in [-0.2, -0.15) is 0 Å². The third-order valence-electron chi connectivity index (χ3n) is 24.5. The summed E-state index contributed by atoms with van der Waals surface area (Å²) in [6.45, 7) is 42.2. The fourth-order valence-corrected chi connectivity index (χ4v) is 17.3. The zero-order chi connectivity index (χ0) is 99.1. The average molecular weight is 1900 g/mol. The van der Waals surface area contributed by atoms with Crippen LogP contribution in [0.1, 0.15) is 165 Å². The normalized spacial score (nSPS) is 23.2. The molecule has 1 aliphatic heterocycles. The Kier molecular flexibility index (Phi) is 49.3. The first-order valence-corrected chi connectivity index (χ1v) is 48.2. The van der Waals surface area contributed by atoms with E-state index in [4.69, 9.17) is 87.6 Å². The van der Waals surface area contributed by atoms with E-state index in [-0.39, 0.29) is 72.9 Å². The first-order valence-electron chi connectivity index (χ1n) is 48.2. The molecule has 0 spiro atoms. The fourth-order valence-electron chi connectivity index (χ4n) is 17.3. The highest BCUT2D eigenvalue weighted by molar-refractivity contribution is 5.69. The number of benzene rings is 6. The summed E-state index contributed by atoms with van der Waals surface area (Å²) in [5, 5.41) is 24.9. The lowest BCUT2D eigenvalue weighted by Crippen LogP contribution is -2.49. The molecule has 8 aliphatic rings. The second-order valence-corrected chi connectivity index (χ2v) is 37.5. The molecular formula is C111H159N7O19. The lowest BCUT2D eigenvalue weighted by Gasteiger charge is -2.32. The Labute approximate surface area is 816 Å². The third kappa shape index (κ3) is 41.5. The topological polar surface area (TPSA) is 302 Å². The molecule has 14 atom stereocenters. The molecule has 26 heteroatoms. The number of ether oxygens (including phenoxy) is 15. The summed E-state index contributed by atoms with van der Waals surface area (Å²) < 4.78 is 82.8. The number of rotatable bonds is 41. The molecule has 2 amide bonds. The zero-order valence-electron chi connectivity index (χ0n) is 83.4. The highest BCUT2D eigenvalue weighted by Gasteiger charge is 2.49. The molecule has 6 aromatic rings. The number of amides is 2. The van der Waals surface area contributed by atoms with Crippen molar-refractivity contribution in [2.45, 2.75) is 286 Å². The second-order valence-electron chi connectivity index (χ2n) is 37.5. The maximum atomic E-state index is 12.4. The summed E-state index contributed by atoms with van der Waals surface area (Å²) >= 11 is 0. The summed E-state index contributed by atoms with van der Waals surface area (Å²) in [5.41, 5.74) is 18.2. The number of nitrogens with zero attached hydrogens (tertiary/aromatic N) is 3. The number of hydrogen-bond donors (Lipinski definition) is 6. The van der Waals surface area contributed by atoms with Crippen LogP contribution in [-0.2, 0) is 82.3 Å². The molecule has 14 unspecified atom stereocenters. The Morgan fingerprint density at radius 3 is 0.912 bits per heavy atom. The van der Waals surface area contributed by atoms with Crippen LogP contribution in [0.3, 0.4) is 0 Å². The van der Waals surface area contributed by atoms with Crippen molar-refractivity contribution in [2.24, 2.45) is 11.5 Å². The SMILES string of the molecule is C=CCN(CC=C)C1CC(OCc2ccc(OC)cc2)CC1N.C=CCN(CC=C)C1CC(OCc2ccc(OC)cc2)CC1NC(=O)OC(C)(C)C.C=CCN(CC=C)C1CC(OCc2ccc(OC)cc2)CC1O.COc1ccc(COC2CC(N)C(NC(=O)OC(C)(C)C)C2)cc1.COc1ccc(COC2CC3OC3C2)cc1.COc1ccc(COC2CC=CC2)cc1.OC1CC=CC1. The number of aliphatic hydroxyl groups is 2. The number of nitrogens with one attached hydrogen (secondary N) is 2. The Morgan fingerprint density at radius 1 is 0.343 bits per heavy atom. The zero-order valence-corrected chi connectivity index (χ0v) is 83.4. The molecule has 137 heavy (non-hydrogen) atoms. The van der Waals surface area contributed by atoms with Gasteiger partial charge in [0, 0.05) is 94.8 Å². The molecule has 6 fully saturated rings.